The first-order chi connectivity index (χ1) is 22.2. The second kappa shape index (κ2) is 13.2. The topological polar surface area (TPSA) is 78.8 Å². The number of benzene rings is 1. The van der Waals surface area contributed by atoms with Crippen LogP contribution >= 0.6 is 0 Å². The number of aromatic nitrogens is 2. The molecule has 8 nitrogen and oxygen atoms in total. The van der Waals surface area contributed by atoms with Crippen LogP contribution in [0.1, 0.15) is 74.9 Å². The Morgan fingerprint density at radius 1 is 1.09 bits per heavy atom. The van der Waals surface area contributed by atoms with Gasteiger partial charge in [-0.25, -0.2) is 12.8 Å². The van der Waals surface area contributed by atoms with Crippen LogP contribution in [0.2, 0.25) is 0 Å². The number of fused-ring (bicyclic) bond motifs is 1. The molecule has 6 rings (SSSR count). The van der Waals surface area contributed by atoms with E-state index in [1.165, 1.54) is 42.2 Å². The Morgan fingerprint density at radius 3 is 2.38 bits per heavy atom. The average molecular weight is 666 g/mol. The third kappa shape index (κ3) is 6.75. The molecule has 0 N–H and O–H groups in total. The minimum atomic E-state index is -2.94. The summed E-state index contributed by atoms with van der Waals surface area (Å²) in [5, 5.41) is 0.997. The van der Waals surface area contributed by atoms with Crippen molar-refractivity contribution in [3.8, 4) is 5.69 Å². The maximum absolute atomic E-state index is 14.5. The number of piperidine rings is 1. The summed E-state index contributed by atoms with van der Waals surface area (Å²) in [6.45, 7) is 14.6. The number of aryl methyl sites for hydroxylation is 1. The monoisotopic (exact) mass is 665 g/mol. The molecule has 1 atom stereocenters. The number of rotatable bonds is 10. The lowest BCUT2D eigenvalue weighted by molar-refractivity contribution is -0.0482. The lowest BCUT2D eigenvalue weighted by atomic mass is 9.69. The van der Waals surface area contributed by atoms with E-state index < -0.39 is 15.7 Å². The third-order valence-electron chi connectivity index (χ3n) is 11.4. The van der Waals surface area contributed by atoms with E-state index in [9.17, 15) is 17.6 Å². The summed E-state index contributed by atoms with van der Waals surface area (Å²) in [5.41, 5.74) is 4.29. The van der Waals surface area contributed by atoms with Crippen LogP contribution in [0.5, 0.6) is 0 Å². The van der Waals surface area contributed by atoms with E-state index in [1.54, 1.807) is 18.0 Å². The molecule has 0 bridgehead atoms. The molecule has 47 heavy (non-hydrogen) atoms. The van der Waals surface area contributed by atoms with Gasteiger partial charge in [-0.2, -0.15) is 0 Å². The van der Waals surface area contributed by atoms with Crippen molar-refractivity contribution >= 4 is 26.6 Å². The van der Waals surface area contributed by atoms with Crippen LogP contribution in [0.3, 0.4) is 0 Å². The molecule has 2 aromatic heterocycles. The Morgan fingerprint density at radius 2 is 1.77 bits per heavy atom. The van der Waals surface area contributed by atoms with Gasteiger partial charge >= 0.3 is 0 Å². The van der Waals surface area contributed by atoms with Gasteiger partial charge in [-0.05, 0) is 113 Å². The fourth-order valence-corrected chi connectivity index (χ4v) is 9.61. The smallest absolute Gasteiger partial charge is 0.256 e. The van der Waals surface area contributed by atoms with E-state index in [1.807, 2.05) is 30.8 Å². The molecule has 3 aliphatic rings. The summed E-state index contributed by atoms with van der Waals surface area (Å²) in [5.74, 6) is 1.16. The first-order valence-corrected chi connectivity index (χ1v) is 19.4. The molecule has 1 aliphatic carbocycles. The number of pyridine rings is 1. The Kier molecular flexibility index (Phi) is 9.59. The van der Waals surface area contributed by atoms with Gasteiger partial charge < -0.3 is 14.4 Å². The zero-order valence-electron chi connectivity index (χ0n) is 29.1. The highest BCUT2D eigenvalue weighted by atomic mass is 32.2. The van der Waals surface area contributed by atoms with Crippen molar-refractivity contribution in [2.75, 3.05) is 39.5 Å². The Hall–Kier alpha value is -2.82. The van der Waals surface area contributed by atoms with Gasteiger partial charge in [-0.15, -0.1) is 0 Å². The summed E-state index contributed by atoms with van der Waals surface area (Å²) < 4.78 is 40.5. The van der Waals surface area contributed by atoms with Gasteiger partial charge in [0.05, 0.1) is 28.2 Å². The molecule has 3 fully saturated rings. The number of amides is 1. The van der Waals surface area contributed by atoms with Crippen LogP contribution < -0.4 is 0 Å². The van der Waals surface area contributed by atoms with E-state index in [0.717, 1.165) is 56.5 Å². The zero-order chi connectivity index (χ0) is 33.8. The van der Waals surface area contributed by atoms with Crippen molar-refractivity contribution in [1.82, 2.24) is 24.3 Å². The van der Waals surface area contributed by atoms with E-state index in [-0.39, 0.29) is 17.2 Å². The Balaban J connectivity index is 1.15. The first kappa shape index (κ1) is 34.1. The maximum atomic E-state index is 14.5. The maximum Gasteiger partial charge on any atom is 0.256 e. The fourth-order valence-electron chi connectivity index (χ4n) is 8.54. The number of hydrogen-bond donors (Lipinski definition) is 0. The molecule has 1 saturated carbocycles. The number of sulfone groups is 1. The molecular formula is C37H52FN5O3S. The highest BCUT2D eigenvalue weighted by Crippen LogP contribution is 2.42. The zero-order valence-corrected chi connectivity index (χ0v) is 29.9. The summed E-state index contributed by atoms with van der Waals surface area (Å²) in [6, 6.07) is 5.62. The van der Waals surface area contributed by atoms with Crippen molar-refractivity contribution in [1.29, 1.82) is 0 Å². The summed E-state index contributed by atoms with van der Waals surface area (Å²) in [7, 11) is -1.18. The van der Waals surface area contributed by atoms with Gasteiger partial charge in [0.2, 0.25) is 0 Å². The van der Waals surface area contributed by atoms with Crippen LogP contribution in [0.15, 0.2) is 36.8 Å². The van der Waals surface area contributed by atoms with E-state index >= 15 is 0 Å². The number of hydrogen-bond acceptors (Lipinski definition) is 6. The summed E-state index contributed by atoms with van der Waals surface area (Å²) in [4.78, 5) is 24.9. The third-order valence-corrected chi connectivity index (χ3v) is 13.0. The largest absolute Gasteiger partial charge is 0.339 e. The number of nitrogens with zero attached hydrogens (tertiary/aromatic N) is 5. The van der Waals surface area contributed by atoms with Gasteiger partial charge in [0.25, 0.3) is 5.91 Å². The van der Waals surface area contributed by atoms with Gasteiger partial charge in [0.1, 0.15) is 15.7 Å². The van der Waals surface area contributed by atoms with Gasteiger partial charge in [0.15, 0.2) is 0 Å². The molecule has 256 valence electrons. The number of carbonyl (C=O) groups excluding carboxylic acids is 1. The molecule has 1 amide bonds. The highest BCUT2D eigenvalue weighted by molar-refractivity contribution is 7.91. The van der Waals surface area contributed by atoms with Gasteiger partial charge in [-0.3, -0.25) is 14.7 Å². The average Bonchev–Trinajstić information content (AvgIpc) is 3.34. The Labute approximate surface area is 280 Å². The van der Waals surface area contributed by atoms with E-state index in [0.29, 0.717) is 41.1 Å². The molecule has 3 aromatic rings. The summed E-state index contributed by atoms with van der Waals surface area (Å²) in [6.07, 6.45) is 12.2. The molecule has 10 heteroatoms. The predicted octanol–water partition coefficient (Wildman–Crippen LogP) is 5.74. The number of likely N-dealkylation sites (tertiary alicyclic amines) is 2. The van der Waals surface area contributed by atoms with E-state index in [4.69, 9.17) is 0 Å². The van der Waals surface area contributed by atoms with Crippen molar-refractivity contribution in [3.63, 3.8) is 0 Å². The lowest BCUT2D eigenvalue weighted by Gasteiger charge is -2.55. The standard InChI is InChI=1S/C37H52FN5O3S/c1-23(2)36(27-15-30(16-27)41-12-10-31(11-13-41)47(7,45)46)42-20-26(21-42)14-28-22-43(34-19-39-18-25(5)35(28)34)33-9-8-29(38)17-32(33)37(44)40(6)24(3)4/h8-9,17-19,22-24,26-27,30-31,36H,10-16,20-21H2,1-7H3/t27-,30+,36-/m1/s1. The van der Waals surface area contributed by atoms with Crippen LogP contribution in [0.25, 0.3) is 16.6 Å². The molecular weight excluding hydrogens is 614 g/mol. The molecule has 0 radical (unpaired) electrons. The van der Waals surface area contributed by atoms with Crippen LogP contribution in [0, 0.1) is 30.5 Å². The van der Waals surface area contributed by atoms with Crippen molar-refractivity contribution in [2.24, 2.45) is 17.8 Å². The van der Waals surface area contributed by atoms with Crippen molar-refractivity contribution in [3.05, 3.63) is 59.3 Å². The van der Waals surface area contributed by atoms with Gasteiger partial charge in [-0.1, -0.05) is 13.8 Å². The second-order valence-electron chi connectivity index (χ2n) is 15.3. The molecule has 2 saturated heterocycles. The quantitative estimate of drug-likeness (QED) is 0.275. The SMILES string of the molecule is Cc1cncc2c1c(CC1CN([C@H](C(C)C)[C@H]3C[C@@H](N4CCC(S(C)(=O)=O)CC4)C3)C1)cn2-c1ccc(F)cc1C(=O)N(C)C(C)C. The molecule has 4 heterocycles. The van der Waals surface area contributed by atoms with E-state index in [2.05, 4.69) is 41.8 Å². The first-order valence-electron chi connectivity index (χ1n) is 17.4. The summed E-state index contributed by atoms with van der Waals surface area (Å²) >= 11 is 0. The minimum absolute atomic E-state index is 0.0130. The normalized spacial score (nSPS) is 22.5. The van der Waals surface area contributed by atoms with Crippen molar-refractivity contribution < 1.29 is 17.6 Å². The molecule has 0 unspecified atom stereocenters. The minimum Gasteiger partial charge on any atom is -0.339 e. The Bertz CT molecular complexity index is 1720. The lowest BCUT2D eigenvalue weighted by Crippen LogP contribution is -2.61. The fraction of sp³-hybridized carbons (Fsp3) is 0.622. The van der Waals surface area contributed by atoms with Gasteiger partial charge in [0, 0.05) is 62.3 Å². The molecule has 1 aromatic carbocycles. The van der Waals surface area contributed by atoms with Crippen LogP contribution in [0.4, 0.5) is 4.39 Å². The van der Waals surface area contributed by atoms with Crippen molar-refractivity contribution in [2.45, 2.75) is 90.1 Å². The highest BCUT2D eigenvalue weighted by Gasteiger charge is 2.45. The molecule has 2 aliphatic heterocycles. The predicted molar refractivity (Wildman–Crippen MR) is 186 cm³/mol. The number of carbonyl (C=O) groups is 1. The molecule has 0 spiro atoms. The number of halogens is 1. The van der Waals surface area contributed by atoms with Crippen LogP contribution in [-0.2, 0) is 16.3 Å². The second-order valence-corrected chi connectivity index (χ2v) is 17.6. The van der Waals surface area contributed by atoms with Crippen LogP contribution in [-0.4, -0.2) is 101 Å².